The SMILES string of the molecule is CC/C=C/CC/C=C/C/C=C/CC/C=C/CC/C=C/CCC. The molecule has 0 N–H and O–H groups in total. The third-order valence-corrected chi connectivity index (χ3v) is 3.30. The van der Waals surface area contributed by atoms with Gasteiger partial charge < -0.3 is 0 Å². The summed E-state index contributed by atoms with van der Waals surface area (Å²) < 4.78 is 0. The maximum atomic E-state index is 2.31. The fourth-order valence-corrected chi connectivity index (χ4v) is 2.01. The Balaban J connectivity index is 3.36. The summed E-state index contributed by atoms with van der Waals surface area (Å²) >= 11 is 0. The molecule has 0 saturated heterocycles. The first kappa shape index (κ1) is 20.7. The van der Waals surface area contributed by atoms with Crippen LogP contribution in [0.25, 0.3) is 0 Å². The van der Waals surface area contributed by atoms with Crippen LogP contribution in [0.3, 0.4) is 0 Å². The Morgan fingerprint density at radius 1 is 0.409 bits per heavy atom. The summed E-state index contributed by atoms with van der Waals surface area (Å²) in [6, 6.07) is 0. The van der Waals surface area contributed by atoms with Crippen molar-refractivity contribution in [2.24, 2.45) is 0 Å². The predicted octanol–water partition coefficient (Wildman–Crippen LogP) is 7.71. The van der Waals surface area contributed by atoms with Crippen molar-refractivity contribution < 1.29 is 0 Å². The van der Waals surface area contributed by atoms with Crippen LogP contribution in [0.4, 0.5) is 0 Å². The van der Waals surface area contributed by atoms with E-state index in [2.05, 4.69) is 74.6 Å². The van der Waals surface area contributed by atoms with Gasteiger partial charge in [0.05, 0.1) is 0 Å². The van der Waals surface area contributed by atoms with Crippen molar-refractivity contribution in [3.05, 3.63) is 60.8 Å². The maximum absolute atomic E-state index is 2.31. The Bertz CT molecular complexity index is 339. The summed E-state index contributed by atoms with van der Waals surface area (Å²) in [5.41, 5.74) is 0. The van der Waals surface area contributed by atoms with E-state index in [9.17, 15) is 0 Å². The average molecular weight is 301 g/mol. The van der Waals surface area contributed by atoms with Gasteiger partial charge in [-0.2, -0.15) is 0 Å². The number of hydrogen-bond acceptors (Lipinski definition) is 0. The zero-order chi connectivity index (χ0) is 16.1. The van der Waals surface area contributed by atoms with E-state index in [0.717, 1.165) is 19.3 Å². The molecule has 0 heterocycles. The molecular formula is C22H36. The maximum Gasteiger partial charge on any atom is -0.0169 e. The second kappa shape index (κ2) is 19.7. The van der Waals surface area contributed by atoms with E-state index >= 15 is 0 Å². The Morgan fingerprint density at radius 2 is 0.773 bits per heavy atom. The second-order valence-corrected chi connectivity index (χ2v) is 5.52. The highest BCUT2D eigenvalue weighted by molar-refractivity contribution is 4.95. The molecule has 0 atom stereocenters. The minimum Gasteiger partial charge on any atom is -0.0888 e. The summed E-state index contributed by atoms with van der Waals surface area (Å²) in [5.74, 6) is 0. The number of allylic oxidation sites excluding steroid dienone is 10. The van der Waals surface area contributed by atoms with E-state index in [1.165, 1.54) is 44.9 Å². The summed E-state index contributed by atoms with van der Waals surface area (Å²) in [5, 5.41) is 0. The zero-order valence-electron chi connectivity index (χ0n) is 14.8. The van der Waals surface area contributed by atoms with Crippen LogP contribution in [0.1, 0.15) is 78.1 Å². The Morgan fingerprint density at radius 3 is 1.18 bits per heavy atom. The predicted molar refractivity (Wildman–Crippen MR) is 103 cm³/mol. The fraction of sp³-hybridized carbons (Fsp3) is 0.545. The molecule has 0 rings (SSSR count). The van der Waals surface area contributed by atoms with Gasteiger partial charge in [0.25, 0.3) is 0 Å². The van der Waals surface area contributed by atoms with Gasteiger partial charge in [0.15, 0.2) is 0 Å². The van der Waals surface area contributed by atoms with E-state index in [4.69, 9.17) is 0 Å². The molecule has 0 fully saturated rings. The standard InChI is InChI=1S/C22H36/c1-3-5-7-9-11-13-15-17-19-21-22-20-18-16-14-12-10-8-6-4-2/h5,7-8,10,13,15-16,18-19,21H,3-4,6,9,11-12,14,17,20,22H2,1-2H3/b7-5+,10-8+,15-13+,18-16+,21-19+. The van der Waals surface area contributed by atoms with E-state index in [1.54, 1.807) is 0 Å². The molecule has 0 aromatic heterocycles. The van der Waals surface area contributed by atoms with Crippen LogP contribution in [0.2, 0.25) is 0 Å². The Kier molecular flexibility index (Phi) is 18.5. The largest absolute Gasteiger partial charge is 0.0888 e. The molecule has 0 saturated carbocycles. The van der Waals surface area contributed by atoms with Gasteiger partial charge in [-0.1, -0.05) is 81.0 Å². The summed E-state index contributed by atoms with van der Waals surface area (Å²) in [7, 11) is 0. The lowest BCUT2D eigenvalue weighted by Gasteiger charge is -1.89. The molecule has 0 radical (unpaired) electrons. The monoisotopic (exact) mass is 300 g/mol. The molecule has 0 bridgehead atoms. The van der Waals surface area contributed by atoms with Crippen LogP contribution in [0.5, 0.6) is 0 Å². The molecule has 0 aliphatic rings. The average Bonchev–Trinajstić information content (AvgIpc) is 2.54. The number of hydrogen-bond donors (Lipinski definition) is 0. The zero-order valence-corrected chi connectivity index (χ0v) is 14.8. The van der Waals surface area contributed by atoms with Gasteiger partial charge in [-0.25, -0.2) is 0 Å². The van der Waals surface area contributed by atoms with Gasteiger partial charge in [0.1, 0.15) is 0 Å². The fourth-order valence-electron chi connectivity index (χ4n) is 2.01. The minimum absolute atomic E-state index is 1.07. The van der Waals surface area contributed by atoms with Gasteiger partial charge in [0, 0.05) is 0 Å². The first-order valence-corrected chi connectivity index (χ1v) is 9.16. The molecule has 0 unspecified atom stereocenters. The van der Waals surface area contributed by atoms with Gasteiger partial charge in [-0.15, -0.1) is 0 Å². The van der Waals surface area contributed by atoms with Crippen LogP contribution in [0, 0.1) is 0 Å². The van der Waals surface area contributed by atoms with E-state index in [-0.39, 0.29) is 0 Å². The van der Waals surface area contributed by atoms with Crippen molar-refractivity contribution in [3.63, 3.8) is 0 Å². The Labute approximate surface area is 139 Å². The molecule has 0 nitrogen and oxygen atoms in total. The smallest absolute Gasteiger partial charge is 0.0169 e. The first-order chi connectivity index (χ1) is 10.9. The molecular weight excluding hydrogens is 264 g/mol. The van der Waals surface area contributed by atoms with E-state index in [0.29, 0.717) is 0 Å². The van der Waals surface area contributed by atoms with Crippen molar-refractivity contribution in [1.29, 1.82) is 0 Å². The lowest BCUT2D eigenvalue weighted by molar-refractivity contribution is 0.941. The van der Waals surface area contributed by atoms with Crippen LogP contribution in [0.15, 0.2) is 60.8 Å². The van der Waals surface area contributed by atoms with E-state index < -0.39 is 0 Å². The van der Waals surface area contributed by atoms with Crippen molar-refractivity contribution in [2.45, 2.75) is 78.1 Å². The lowest BCUT2D eigenvalue weighted by atomic mass is 10.2. The molecule has 0 aromatic rings. The molecule has 0 aliphatic carbocycles. The Hall–Kier alpha value is -1.30. The second-order valence-electron chi connectivity index (χ2n) is 5.52. The minimum atomic E-state index is 1.07. The third-order valence-electron chi connectivity index (χ3n) is 3.30. The van der Waals surface area contributed by atoms with Crippen molar-refractivity contribution in [3.8, 4) is 0 Å². The van der Waals surface area contributed by atoms with Crippen molar-refractivity contribution >= 4 is 0 Å². The normalized spacial score (nSPS) is 13.0. The molecule has 0 aromatic carbocycles. The van der Waals surface area contributed by atoms with E-state index in [1.807, 2.05) is 0 Å². The van der Waals surface area contributed by atoms with Crippen molar-refractivity contribution in [2.75, 3.05) is 0 Å². The van der Waals surface area contributed by atoms with Crippen LogP contribution in [-0.2, 0) is 0 Å². The summed E-state index contributed by atoms with van der Waals surface area (Å²) in [6.07, 6.45) is 34.6. The lowest BCUT2D eigenvalue weighted by Crippen LogP contribution is -1.69. The van der Waals surface area contributed by atoms with Crippen LogP contribution in [-0.4, -0.2) is 0 Å². The van der Waals surface area contributed by atoms with Crippen LogP contribution >= 0.6 is 0 Å². The third kappa shape index (κ3) is 18.7. The highest BCUT2D eigenvalue weighted by Gasteiger charge is 1.80. The highest BCUT2D eigenvalue weighted by Crippen LogP contribution is 2.00. The summed E-state index contributed by atoms with van der Waals surface area (Å²) in [6.45, 7) is 4.40. The first-order valence-electron chi connectivity index (χ1n) is 9.16. The quantitative estimate of drug-likeness (QED) is 0.227. The van der Waals surface area contributed by atoms with Gasteiger partial charge in [-0.05, 0) is 57.8 Å². The molecule has 22 heavy (non-hydrogen) atoms. The molecule has 0 heteroatoms. The topological polar surface area (TPSA) is 0 Å². The van der Waals surface area contributed by atoms with Gasteiger partial charge in [-0.3, -0.25) is 0 Å². The number of unbranched alkanes of at least 4 members (excludes halogenated alkanes) is 4. The molecule has 0 aliphatic heterocycles. The van der Waals surface area contributed by atoms with Gasteiger partial charge in [0.2, 0.25) is 0 Å². The summed E-state index contributed by atoms with van der Waals surface area (Å²) in [4.78, 5) is 0. The molecule has 0 amide bonds. The highest BCUT2D eigenvalue weighted by atomic mass is 13.9. The van der Waals surface area contributed by atoms with Crippen molar-refractivity contribution in [1.82, 2.24) is 0 Å². The molecule has 0 spiro atoms. The number of rotatable bonds is 14. The van der Waals surface area contributed by atoms with Crippen LogP contribution < -0.4 is 0 Å². The van der Waals surface area contributed by atoms with Gasteiger partial charge >= 0.3 is 0 Å². The molecule has 124 valence electrons.